The van der Waals surface area contributed by atoms with Crippen molar-refractivity contribution in [2.75, 3.05) is 11.6 Å². The average Bonchev–Trinajstić information content (AvgIpc) is 2.42. The van der Waals surface area contributed by atoms with Gasteiger partial charge in [0.1, 0.15) is 0 Å². The minimum Gasteiger partial charge on any atom is -0.321 e. The summed E-state index contributed by atoms with van der Waals surface area (Å²) in [6.45, 7) is 1.89. The van der Waals surface area contributed by atoms with Gasteiger partial charge in [-0.15, -0.1) is 11.8 Å². The lowest BCUT2D eigenvalue weighted by Crippen LogP contribution is -2.13. The number of carbonyl (C=O) groups is 1. The van der Waals surface area contributed by atoms with Gasteiger partial charge in [-0.05, 0) is 43.0 Å². The Morgan fingerprint density at radius 1 is 1.21 bits per heavy atom. The van der Waals surface area contributed by atoms with E-state index in [2.05, 4.69) is 5.32 Å². The number of amides is 1. The van der Waals surface area contributed by atoms with Gasteiger partial charge in [0, 0.05) is 15.5 Å². The molecule has 0 atom stereocenters. The topological polar surface area (TPSA) is 29.1 Å². The summed E-state index contributed by atoms with van der Waals surface area (Å²) in [7, 11) is 0. The molecule has 0 saturated heterocycles. The molecule has 2 aromatic rings. The molecule has 4 heteroatoms. The molecule has 2 aromatic carbocycles. The number of halogens is 1. The maximum absolute atomic E-state index is 12.3. The molecule has 0 radical (unpaired) electrons. The van der Waals surface area contributed by atoms with Gasteiger partial charge in [0.05, 0.1) is 5.69 Å². The highest BCUT2D eigenvalue weighted by Crippen LogP contribution is 2.25. The zero-order chi connectivity index (χ0) is 13.8. The first kappa shape index (κ1) is 14.0. The number of para-hydroxylation sites is 1. The monoisotopic (exact) mass is 291 g/mol. The molecule has 2 rings (SSSR count). The standard InChI is InChI=1S/C15H14ClNOS/c1-10-7-8-11(16)9-12(10)15(18)17-13-5-3-4-6-14(13)19-2/h3-9H,1-2H3,(H,17,18). The van der Waals surface area contributed by atoms with Crippen LogP contribution in [0.2, 0.25) is 5.02 Å². The van der Waals surface area contributed by atoms with Crippen LogP contribution in [0.15, 0.2) is 47.4 Å². The Kier molecular flexibility index (Phi) is 4.51. The van der Waals surface area contributed by atoms with Gasteiger partial charge in [-0.2, -0.15) is 0 Å². The molecule has 0 unspecified atom stereocenters. The second kappa shape index (κ2) is 6.13. The Hall–Kier alpha value is -1.45. The third kappa shape index (κ3) is 3.31. The number of anilines is 1. The van der Waals surface area contributed by atoms with Crippen molar-refractivity contribution >= 4 is 35.0 Å². The van der Waals surface area contributed by atoms with Crippen molar-refractivity contribution in [3.63, 3.8) is 0 Å². The number of thioether (sulfide) groups is 1. The van der Waals surface area contributed by atoms with E-state index < -0.39 is 0 Å². The molecule has 0 aliphatic heterocycles. The molecule has 0 heterocycles. The summed E-state index contributed by atoms with van der Waals surface area (Å²) < 4.78 is 0. The van der Waals surface area contributed by atoms with E-state index in [1.54, 1.807) is 23.9 Å². The summed E-state index contributed by atoms with van der Waals surface area (Å²) in [5.74, 6) is -0.137. The summed E-state index contributed by atoms with van der Waals surface area (Å²) in [5.41, 5.74) is 2.33. The van der Waals surface area contributed by atoms with Gasteiger partial charge in [0.25, 0.3) is 5.91 Å². The summed E-state index contributed by atoms with van der Waals surface area (Å²) in [5, 5.41) is 3.49. The second-order valence-corrected chi connectivity index (χ2v) is 5.40. The normalized spacial score (nSPS) is 10.3. The van der Waals surface area contributed by atoms with E-state index in [4.69, 9.17) is 11.6 Å². The lowest BCUT2D eigenvalue weighted by atomic mass is 10.1. The number of nitrogens with one attached hydrogen (secondary N) is 1. The van der Waals surface area contributed by atoms with E-state index in [0.717, 1.165) is 16.1 Å². The van der Waals surface area contributed by atoms with E-state index >= 15 is 0 Å². The maximum atomic E-state index is 12.3. The minimum absolute atomic E-state index is 0.137. The molecular weight excluding hydrogens is 278 g/mol. The number of carbonyl (C=O) groups excluding carboxylic acids is 1. The molecule has 2 nitrogen and oxygen atoms in total. The van der Waals surface area contributed by atoms with Gasteiger partial charge >= 0.3 is 0 Å². The van der Waals surface area contributed by atoms with Gasteiger partial charge in [-0.25, -0.2) is 0 Å². The van der Waals surface area contributed by atoms with E-state index in [1.165, 1.54) is 0 Å². The van der Waals surface area contributed by atoms with E-state index in [1.807, 2.05) is 43.5 Å². The highest BCUT2D eigenvalue weighted by molar-refractivity contribution is 7.98. The third-order valence-electron chi connectivity index (χ3n) is 2.80. The van der Waals surface area contributed by atoms with Crippen molar-refractivity contribution < 1.29 is 4.79 Å². The van der Waals surface area contributed by atoms with Crippen LogP contribution in [-0.2, 0) is 0 Å². The first-order valence-corrected chi connectivity index (χ1v) is 7.42. The summed E-state index contributed by atoms with van der Waals surface area (Å²) in [6.07, 6.45) is 1.98. The number of hydrogen-bond donors (Lipinski definition) is 1. The van der Waals surface area contributed by atoms with Crippen molar-refractivity contribution in [1.82, 2.24) is 0 Å². The molecule has 1 N–H and O–H groups in total. The predicted molar refractivity (Wildman–Crippen MR) is 82.4 cm³/mol. The molecule has 19 heavy (non-hydrogen) atoms. The van der Waals surface area contributed by atoms with Gasteiger partial charge in [-0.1, -0.05) is 29.8 Å². The fraction of sp³-hybridized carbons (Fsp3) is 0.133. The molecule has 0 aromatic heterocycles. The van der Waals surface area contributed by atoms with Crippen molar-refractivity contribution in [1.29, 1.82) is 0 Å². The van der Waals surface area contributed by atoms with Crippen LogP contribution in [0.3, 0.4) is 0 Å². The first-order valence-electron chi connectivity index (χ1n) is 5.82. The fourth-order valence-corrected chi connectivity index (χ4v) is 2.50. The summed E-state index contributed by atoms with van der Waals surface area (Å²) in [6, 6.07) is 13.0. The van der Waals surface area contributed by atoms with Crippen LogP contribution in [0.4, 0.5) is 5.69 Å². The molecule has 0 spiro atoms. The molecule has 0 aliphatic rings. The van der Waals surface area contributed by atoms with Crippen LogP contribution in [-0.4, -0.2) is 12.2 Å². The van der Waals surface area contributed by atoms with Gasteiger partial charge < -0.3 is 5.32 Å². The molecule has 0 saturated carbocycles. The number of aryl methyl sites for hydroxylation is 1. The van der Waals surface area contributed by atoms with Gasteiger partial charge in [0.2, 0.25) is 0 Å². The van der Waals surface area contributed by atoms with Crippen LogP contribution in [0, 0.1) is 6.92 Å². The number of benzene rings is 2. The molecule has 0 bridgehead atoms. The zero-order valence-corrected chi connectivity index (χ0v) is 12.3. The van der Waals surface area contributed by atoms with Crippen LogP contribution in [0.1, 0.15) is 15.9 Å². The van der Waals surface area contributed by atoms with Crippen molar-refractivity contribution in [3.05, 3.63) is 58.6 Å². The predicted octanol–water partition coefficient (Wildman–Crippen LogP) is 4.62. The lowest BCUT2D eigenvalue weighted by Gasteiger charge is -2.11. The van der Waals surface area contributed by atoms with Crippen LogP contribution in [0.25, 0.3) is 0 Å². The van der Waals surface area contributed by atoms with Crippen LogP contribution < -0.4 is 5.32 Å². The number of hydrogen-bond acceptors (Lipinski definition) is 2. The molecule has 1 amide bonds. The van der Waals surface area contributed by atoms with Crippen molar-refractivity contribution in [2.45, 2.75) is 11.8 Å². The van der Waals surface area contributed by atoms with E-state index in [9.17, 15) is 4.79 Å². The molecular formula is C15H14ClNOS. The van der Waals surface area contributed by atoms with E-state index in [-0.39, 0.29) is 5.91 Å². The third-order valence-corrected chi connectivity index (χ3v) is 3.83. The van der Waals surface area contributed by atoms with E-state index in [0.29, 0.717) is 10.6 Å². The summed E-state index contributed by atoms with van der Waals surface area (Å²) in [4.78, 5) is 13.3. The second-order valence-electron chi connectivity index (χ2n) is 4.11. The van der Waals surface area contributed by atoms with Crippen LogP contribution in [0.5, 0.6) is 0 Å². The van der Waals surface area contributed by atoms with Crippen molar-refractivity contribution in [2.24, 2.45) is 0 Å². The molecule has 98 valence electrons. The highest BCUT2D eigenvalue weighted by Gasteiger charge is 2.11. The van der Waals surface area contributed by atoms with Crippen molar-refractivity contribution in [3.8, 4) is 0 Å². The lowest BCUT2D eigenvalue weighted by molar-refractivity contribution is 0.102. The summed E-state index contributed by atoms with van der Waals surface area (Å²) >= 11 is 7.54. The Morgan fingerprint density at radius 3 is 2.68 bits per heavy atom. The Morgan fingerprint density at radius 2 is 1.95 bits per heavy atom. The minimum atomic E-state index is -0.137. The Balaban J connectivity index is 2.28. The molecule has 0 fully saturated rings. The van der Waals surface area contributed by atoms with Crippen LogP contribution >= 0.6 is 23.4 Å². The van der Waals surface area contributed by atoms with Gasteiger partial charge in [-0.3, -0.25) is 4.79 Å². The smallest absolute Gasteiger partial charge is 0.256 e. The highest BCUT2D eigenvalue weighted by atomic mass is 35.5. The quantitative estimate of drug-likeness (QED) is 0.836. The largest absolute Gasteiger partial charge is 0.321 e. The number of rotatable bonds is 3. The Bertz CT molecular complexity index is 613. The fourth-order valence-electron chi connectivity index (χ4n) is 1.78. The SMILES string of the molecule is CSc1ccccc1NC(=O)c1cc(Cl)ccc1C. The van der Waals surface area contributed by atoms with Gasteiger partial charge in [0.15, 0.2) is 0 Å². The first-order chi connectivity index (χ1) is 9.11. The average molecular weight is 292 g/mol. The Labute approximate surface area is 122 Å². The zero-order valence-electron chi connectivity index (χ0n) is 10.7. The maximum Gasteiger partial charge on any atom is 0.256 e. The molecule has 0 aliphatic carbocycles.